The van der Waals surface area contributed by atoms with Gasteiger partial charge in [-0.15, -0.1) is 0 Å². The molecule has 0 saturated carbocycles. The number of alkyl halides is 2. The molecule has 0 radical (unpaired) electrons. The van der Waals surface area contributed by atoms with Gasteiger partial charge in [0.05, 0.1) is 0 Å². The molecule has 128 valence electrons. The highest BCUT2D eigenvalue weighted by Crippen LogP contribution is 2.26. The van der Waals surface area contributed by atoms with Crippen LogP contribution in [0.3, 0.4) is 0 Å². The zero-order valence-corrected chi connectivity index (χ0v) is 14.4. The fourth-order valence-electron chi connectivity index (χ4n) is 2.36. The monoisotopic (exact) mass is 351 g/mol. The summed E-state index contributed by atoms with van der Waals surface area (Å²) in [5, 5.41) is 4.80. The number of benzene rings is 2. The van der Waals surface area contributed by atoms with E-state index in [-0.39, 0.29) is 18.0 Å². The third-order valence-electron chi connectivity index (χ3n) is 3.66. The summed E-state index contributed by atoms with van der Waals surface area (Å²) in [4.78, 5) is 12.7. The second-order valence-electron chi connectivity index (χ2n) is 5.57. The average molecular weight is 351 g/mol. The van der Waals surface area contributed by atoms with Gasteiger partial charge >= 0.3 is 0 Å². The lowest BCUT2D eigenvalue weighted by Gasteiger charge is -2.17. The molecule has 2 atom stereocenters. The van der Waals surface area contributed by atoms with Gasteiger partial charge in [0.25, 0.3) is 11.7 Å². The van der Waals surface area contributed by atoms with Crippen LogP contribution >= 0.6 is 11.8 Å². The van der Waals surface area contributed by atoms with Crippen LogP contribution in [-0.4, -0.2) is 17.7 Å². The minimum Gasteiger partial charge on any atom is -0.330 e. The van der Waals surface area contributed by atoms with Gasteiger partial charge in [0.15, 0.2) is 6.04 Å². The molecular weight excluding hydrogens is 330 g/mol. The Kier molecular flexibility index (Phi) is 6.75. The topological polar surface area (TPSA) is 45.7 Å². The number of nitrogens with one attached hydrogen (secondary N) is 1. The van der Waals surface area contributed by atoms with Crippen LogP contribution in [0.4, 0.5) is 14.5 Å². The van der Waals surface area contributed by atoms with Gasteiger partial charge in [-0.2, -0.15) is 8.78 Å². The van der Waals surface area contributed by atoms with Crippen LogP contribution in [0.15, 0.2) is 59.5 Å². The molecule has 2 aromatic carbocycles. The zero-order chi connectivity index (χ0) is 17.5. The van der Waals surface area contributed by atoms with Gasteiger partial charge in [0, 0.05) is 16.1 Å². The Bertz CT molecular complexity index is 650. The van der Waals surface area contributed by atoms with E-state index in [1.54, 1.807) is 24.3 Å². The lowest BCUT2D eigenvalue weighted by molar-refractivity contribution is -0.709. The average Bonchev–Trinajstić information content (AvgIpc) is 2.56. The van der Waals surface area contributed by atoms with Crippen molar-refractivity contribution >= 4 is 23.4 Å². The SMILES string of the molecule is C[C@@H]([NH2+][C@H](C)c1ccccc1)C(=O)Nc1ccc(SC(F)F)cc1. The number of hydrogen-bond donors (Lipinski definition) is 2. The second kappa shape index (κ2) is 8.80. The fraction of sp³-hybridized carbons (Fsp3) is 0.278. The Balaban J connectivity index is 1.89. The maximum absolute atomic E-state index is 12.3. The highest BCUT2D eigenvalue weighted by molar-refractivity contribution is 7.99. The molecule has 6 heteroatoms. The first kappa shape index (κ1) is 18.4. The Labute approximate surface area is 144 Å². The van der Waals surface area contributed by atoms with E-state index in [2.05, 4.69) is 12.2 Å². The largest absolute Gasteiger partial charge is 0.330 e. The normalized spacial score (nSPS) is 13.5. The molecule has 3 N–H and O–H groups in total. The summed E-state index contributed by atoms with van der Waals surface area (Å²) in [6.07, 6.45) is 0. The third-order valence-corrected chi connectivity index (χ3v) is 4.39. The lowest BCUT2D eigenvalue weighted by Crippen LogP contribution is -2.91. The summed E-state index contributed by atoms with van der Waals surface area (Å²) in [5.41, 5.74) is 1.76. The predicted molar refractivity (Wildman–Crippen MR) is 93.2 cm³/mol. The maximum atomic E-state index is 12.3. The molecule has 24 heavy (non-hydrogen) atoms. The van der Waals surface area contributed by atoms with Crippen molar-refractivity contribution in [1.29, 1.82) is 0 Å². The van der Waals surface area contributed by atoms with E-state index in [0.29, 0.717) is 22.3 Å². The van der Waals surface area contributed by atoms with Crippen LogP contribution in [-0.2, 0) is 4.79 Å². The predicted octanol–water partition coefficient (Wildman–Crippen LogP) is 3.65. The molecule has 0 spiro atoms. The molecule has 1 amide bonds. The van der Waals surface area contributed by atoms with Crippen LogP contribution in [0.25, 0.3) is 0 Å². The molecule has 0 aliphatic heterocycles. The molecule has 0 aliphatic rings. The van der Waals surface area contributed by atoms with Crippen LogP contribution in [0.1, 0.15) is 25.5 Å². The van der Waals surface area contributed by atoms with E-state index in [0.717, 1.165) is 5.56 Å². The van der Waals surface area contributed by atoms with E-state index >= 15 is 0 Å². The number of carbonyl (C=O) groups excluding carboxylic acids is 1. The molecule has 2 rings (SSSR count). The van der Waals surface area contributed by atoms with Crippen molar-refractivity contribution in [3.8, 4) is 0 Å². The number of thioether (sulfide) groups is 1. The summed E-state index contributed by atoms with van der Waals surface area (Å²) >= 11 is 0.486. The van der Waals surface area contributed by atoms with Crippen molar-refractivity contribution in [2.75, 3.05) is 5.32 Å². The quantitative estimate of drug-likeness (QED) is 0.748. The van der Waals surface area contributed by atoms with Crippen molar-refractivity contribution in [2.24, 2.45) is 0 Å². The van der Waals surface area contributed by atoms with Gasteiger partial charge in [-0.3, -0.25) is 4.79 Å². The van der Waals surface area contributed by atoms with E-state index in [1.165, 1.54) is 0 Å². The maximum Gasteiger partial charge on any atom is 0.288 e. The smallest absolute Gasteiger partial charge is 0.288 e. The Hall–Kier alpha value is -1.92. The van der Waals surface area contributed by atoms with E-state index in [4.69, 9.17) is 0 Å². The Morgan fingerprint density at radius 1 is 1.04 bits per heavy atom. The van der Waals surface area contributed by atoms with Gasteiger partial charge in [-0.25, -0.2) is 0 Å². The van der Waals surface area contributed by atoms with E-state index < -0.39 is 5.76 Å². The van der Waals surface area contributed by atoms with Crippen LogP contribution in [0.5, 0.6) is 0 Å². The van der Waals surface area contributed by atoms with Crippen molar-refractivity contribution in [3.63, 3.8) is 0 Å². The third kappa shape index (κ3) is 5.62. The molecular formula is C18H21F2N2OS+. The number of halogens is 2. The summed E-state index contributed by atoms with van der Waals surface area (Å²) < 4.78 is 24.6. The molecule has 0 aliphatic carbocycles. The first-order valence-electron chi connectivity index (χ1n) is 7.71. The Morgan fingerprint density at radius 3 is 2.25 bits per heavy atom. The highest BCUT2D eigenvalue weighted by atomic mass is 32.2. The van der Waals surface area contributed by atoms with E-state index in [1.807, 2.05) is 42.6 Å². The van der Waals surface area contributed by atoms with Crippen molar-refractivity contribution in [1.82, 2.24) is 0 Å². The molecule has 0 fully saturated rings. The molecule has 2 aromatic rings. The fourth-order valence-corrected chi connectivity index (χ4v) is 2.86. The number of anilines is 1. The Morgan fingerprint density at radius 2 is 1.67 bits per heavy atom. The molecule has 0 saturated heterocycles. The summed E-state index contributed by atoms with van der Waals surface area (Å²) in [6, 6.07) is 16.3. The number of nitrogens with two attached hydrogens (primary N) is 1. The zero-order valence-electron chi connectivity index (χ0n) is 13.6. The number of carbonyl (C=O) groups is 1. The molecule has 3 nitrogen and oxygen atoms in total. The highest BCUT2D eigenvalue weighted by Gasteiger charge is 2.20. The number of rotatable bonds is 7. The van der Waals surface area contributed by atoms with Crippen LogP contribution in [0, 0.1) is 0 Å². The van der Waals surface area contributed by atoms with Gasteiger partial charge in [-0.05, 0) is 38.1 Å². The summed E-state index contributed by atoms with van der Waals surface area (Å²) in [7, 11) is 0. The van der Waals surface area contributed by atoms with Crippen molar-refractivity contribution in [3.05, 3.63) is 60.2 Å². The van der Waals surface area contributed by atoms with Crippen molar-refractivity contribution in [2.45, 2.75) is 36.6 Å². The molecule has 0 heterocycles. The standard InChI is InChI=1S/C18H20F2N2OS/c1-12(14-6-4-3-5-7-14)21-13(2)17(23)22-15-8-10-16(11-9-15)24-18(19)20/h3-13,18,21H,1-2H3,(H,22,23)/p+1/t12-,13-/m1/s1. The first-order valence-corrected chi connectivity index (χ1v) is 8.59. The minimum atomic E-state index is -2.44. The minimum absolute atomic E-state index is 0.118. The van der Waals surface area contributed by atoms with Gasteiger partial charge in [0.1, 0.15) is 6.04 Å². The molecule has 0 unspecified atom stereocenters. The van der Waals surface area contributed by atoms with Gasteiger partial charge < -0.3 is 10.6 Å². The van der Waals surface area contributed by atoms with Crippen LogP contribution < -0.4 is 10.6 Å². The lowest BCUT2D eigenvalue weighted by atomic mass is 10.1. The van der Waals surface area contributed by atoms with Gasteiger partial charge in [-0.1, -0.05) is 42.1 Å². The molecule has 0 aromatic heterocycles. The number of quaternary nitrogens is 1. The van der Waals surface area contributed by atoms with Crippen LogP contribution in [0.2, 0.25) is 0 Å². The first-order chi connectivity index (χ1) is 11.5. The van der Waals surface area contributed by atoms with E-state index in [9.17, 15) is 13.6 Å². The van der Waals surface area contributed by atoms with Gasteiger partial charge in [0.2, 0.25) is 0 Å². The number of amides is 1. The molecule has 0 bridgehead atoms. The summed E-state index contributed by atoms with van der Waals surface area (Å²) in [6.45, 7) is 3.89. The number of hydrogen-bond acceptors (Lipinski definition) is 2. The second-order valence-corrected chi connectivity index (χ2v) is 6.64. The summed E-state index contributed by atoms with van der Waals surface area (Å²) in [5.74, 6) is -2.56. The van der Waals surface area contributed by atoms with Crippen molar-refractivity contribution < 1.29 is 18.9 Å².